The van der Waals surface area contributed by atoms with E-state index in [1.165, 1.54) is 23.5 Å². The van der Waals surface area contributed by atoms with Crippen LogP contribution in [0.15, 0.2) is 29.6 Å². The molecular formula is C15H19FN4OS. The number of anilines is 1. The molecule has 1 aromatic carbocycles. The third-order valence-electron chi connectivity index (χ3n) is 3.18. The number of nitrogen functional groups attached to an aromatic ring is 1. The number of rotatable bonds is 6. The summed E-state index contributed by atoms with van der Waals surface area (Å²) in [6.07, 6.45) is 0.614. The number of amides is 1. The van der Waals surface area contributed by atoms with E-state index in [1.807, 2.05) is 5.38 Å². The minimum absolute atomic E-state index is 0.168. The fourth-order valence-electron chi connectivity index (χ4n) is 2.21. The van der Waals surface area contributed by atoms with Crippen LogP contribution in [0.4, 0.5) is 9.52 Å². The number of benzene rings is 1. The van der Waals surface area contributed by atoms with Gasteiger partial charge in [-0.15, -0.1) is 11.3 Å². The van der Waals surface area contributed by atoms with Crippen molar-refractivity contribution in [3.8, 4) is 0 Å². The van der Waals surface area contributed by atoms with E-state index in [0.717, 1.165) is 5.69 Å². The van der Waals surface area contributed by atoms with Crippen molar-refractivity contribution in [3.63, 3.8) is 0 Å². The van der Waals surface area contributed by atoms with Crippen molar-refractivity contribution < 1.29 is 9.18 Å². The second-order valence-electron chi connectivity index (χ2n) is 5.14. The molecule has 0 fully saturated rings. The van der Waals surface area contributed by atoms with Gasteiger partial charge in [-0.2, -0.15) is 0 Å². The first-order valence-corrected chi connectivity index (χ1v) is 7.75. The highest BCUT2D eigenvalue weighted by molar-refractivity contribution is 7.13. The first kappa shape index (κ1) is 16.4. The summed E-state index contributed by atoms with van der Waals surface area (Å²) in [5.74, 6) is -0.520. The van der Waals surface area contributed by atoms with E-state index >= 15 is 0 Å². The Balaban J connectivity index is 1.98. The molecule has 1 aromatic heterocycles. The molecule has 1 amide bonds. The van der Waals surface area contributed by atoms with E-state index in [2.05, 4.69) is 10.3 Å². The van der Waals surface area contributed by atoms with Crippen LogP contribution in [0.5, 0.6) is 0 Å². The third-order valence-corrected chi connectivity index (χ3v) is 3.90. The van der Waals surface area contributed by atoms with Crippen LogP contribution in [0.3, 0.4) is 0 Å². The van der Waals surface area contributed by atoms with Gasteiger partial charge in [-0.05, 0) is 31.8 Å². The highest BCUT2D eigenvalue weighted by Crippen LogP contribution is 2.19. The molecule has 22 heavy (non-hydrogen) atoms. The summed E-state index contributed by atoms with van der Waals surface area (Å²) < 4.78 is 13.4. The fourth-order valence-corrected chi connectivity index (χ4v) is 2.81. The van der Waals surface area contributed by atoms with Gasteiger partial charge in [0.1, 0.15) is 11.9 Å². The number of nitrogens with two attached hydrogens (primary N) is 1. The zero-order valence-electron chi connectivity index (χ0n) is 12.5. The Morgan fingerprint density at radius 2 is 2.27 bits per heavy atom. The number of hydrogen-bond donors (Lipinski definition) is 2. The maximum Gasteiger partial charge on any atom is 0.241 e. The molecule has 3 N–H and O–H groups in total. The van der Waals surface area contributed by atoms with Gasteiger partial charge in [0.15, 0.2) is 5.13 Å². The molecule has 1 heterocycles. The Morgan fingerprint density at radius 1 is 1.50 bits per heavy atom. The SMILES string of the molecule is CN(C)C(C(=O)NCCc1csc(N)n1)c1cccc(F)c1. The lowest BCUT2D eigenvalue weighted by atomic mass is 10.1. The van der Waals surface area contributed by atoms with Crippen LogP contribution in [0, 0.1) is 5.82 Å². The third kappa shape index (κ3) is 4.25. The number of nitrogens with one attached hydrogen (secondary N) is 1. The number of nitrogens with zero attached hydrogens (tertiary/aromatic N) is 2. The fraction of sp³-hybridized carbons (Fsp3) is 0.333. The van der Waals surface area contributed by atoms with Gasteiger partial charge < -0.3 is 11.1 Å². The zero-order chi connectivity index (χ0) is 16.1. The average Bonchev–Trinajstić information content (AvgIpc) is 2.84. The molecule has 5 nitrogen and oxygen atoms in total. The molecule has 118 valence electrons. The Kier molecular flexibility index (Phi) is 5.46. The van der Waals surface area contributed by atoms with Crippen molar-refractivity contribution >= 4 is 22.4 Å². The van der Waals surface area contributed by atoms with E-state index in [-0.39, 0.29) is 11.7 Å². The smallest absolute Gasteiger partial charge is 0.241 e. The summed E-state index contributed by atoms with van der Waals surface area (Å²) in [6.45, 7) is 0.460. The molecule has 2 rings (SSSR count). The predicted molar refractivity (Wildman–Crippen MR) is 86.1 cm³/mol. The van der Waals surface area contributed by atoms with E-state index in [4.69, 9.17) is 5.73 Å². The van der Waals surface area contributed by atoms with Crippen molar-refractivity contribution in [2.24, 2.45) is 0 Å². The van der Waals surface area contributed by atoms with Gasteiger partial charge in [-0.1, -0.05) is 12.1 Å². The molecule has 7 heteroatoms. The summed E-state index contributed by atoms with van der Waals surface area (Å²) in [5.41, 5.74) is 7.05. The summed E-state index contributed by atoms with van der Waals surface area (Å²) in [5, 5.41) is 5.25. The number of aromatic nitrogens is 1. The molecular weight excluding hydrogens is 303 g/mol. The summed E-state index contributed by atoms with van der Waals surface area (Å²) in [4.78, 5) is 18.3. The van der Waals surface area contributed by atoms with Crippen LogP contribution in [-0.2, 0) is 11.2 Å². The maximum absolute atomic E-state index is 13.4. The number of thiazole rings is 1. The van der Waals surface area contributed by atoms with E-state index in [9.17, 15) is 9.18 Å². The Hall–Kier alpha value is -1.99. The number of likely N-dealkylation sites (N-methyl/N-ethyl adjacent to an activating group) is 1. The maximum atomic E-state index is 13.4. The van der Waals surface area contributed by atoms with Crippen molar-refractivity contribution in [1.82, 2.24) is 15.2 Å². The quantitative estimate of drug-likeness (QED) is 0.851. The first-order valence-electron chi connectivity index (χ1n) is 6.87. The largest absolute Gasteiger partial charge is 0.375 e. The number of carbonyl (C=O) groups excluding carboxylic acids is 1. The van der Waals surface area contributed by atoms with E-state index in [0.29, 0.717) is 23.7 Å². The molecule has 0 aliphatic heterocycles. The molecule has 0 spiro atoms. The minimum atomic E-state index is -0.531. The lowest BCUT2D eigenvalue weighted by Gasteiger charge is -2.23. The molecule has 0 aliphatic rings. The van der Waals surface area contributed by atoms with Gasteiger partial charge in [0, 0.05) is 18.3 Å². The van der Waals surface area contributed by atoms with E-state index in [1.54, 1.807) is 31.1 Å². The van der Waals surface area contributed by atoms with Gasteiger partial charge in [0.05, 0.1) is 5.69 Å². The zero-order valence-corrected chi connectivity index (χ0v) is 13.4. The topological polar surface area (TPSA) is 71.2 Å². The minimum Gasteiger partial charge on any atom is -0.375 e. The Labute approximate surface area is 133 Å². The van der Waals surface area contributed by atoms with Crippen molar-refractivity contribution in [2.45, 2.75) is 12.5 Å². The standard InChI is InChI=1S/C15H19FN4OS/c1-20(2)13(10-4-3-5-11(16)8-10)14(21)18-7-6-12-9-22-15(17)19-12/h3-5,8-9,13H,6-7H2,1-2H3,(H2,17,19)(H,18,21). The van der Waals surface area contributed by atoms with Crippen molar-refractivity contribution in [3.05, 3.63) is 46.7 Å². The van der Waals surface area contributed by atoms with Crippen LogP contribution in [0.2, 0.25) is 0 Å². The second kappa shape index (κ2) is 7.33. The summed E-state index contributed by atoms with van der Waals surface area (Å²) in [6, 6.07) is 5.56. The van der Waals surface area contributed by atoms with Crippen LogP contribution in [0.25, 0.3) is 0 Å². The lowest BCUT2D eigenvalue weighted by molar-refractivity contribution is -0.125. The molecule has 0 bridgehead atoms. The monoisotopic (exact) mass is 322 g/mol. The Bertz CT molecular complexity index is 644. The van der Waals surface area contributed by atoms with E-state index < -0.39 is 6.04 Å². The van der Waals surface area contributed by atoms with Crippen LogP contribution in [0.1, 0.15) is 17.3 Å². The van der Waals surface area contributed by atoms with Gasteiger partial charge in [-0.25, -0.2) is 9.37 Å². The molecule has 1 unspecified atom stereocenters. The van der Waals surface area contributed by atoms with Gasteiger partial charge in [-0.3, -0.25) is 9.69 Å². The average molecular weight is 322 g/mol. The molecule has 0 saturated heterocycles. The highest BCUT2D eigenvalue weighted by Gasteiger charge is 2.22. The van der Waals surface area contributed by atoms with Crippen molar-refractivity contribution in [2.75, 3.05) is 26.4 Å². The number of carbonyl (C=O) groups is 1. The number of halogens is 1. The van der Waals surface area contributed by atoms with Gasteiger partial charge in [0.25, 0.3) is 0 Å². The second-order valence-corrected chi connectivity index (χ2v) is 6.03. The molecule has 0 saturated carbocycles. The summed E-state index contributed by atoms with van der Waals surface area (Å²) >= 11 is 1.38. The highest BCUT2D eigenvalue weighted by atomic mass is 32.1. The molecule has 2 aromatic rings. The normalized spacial score (nSPS) is 12.4. The molecule has 0 aliphatic carbocycles. The lowest BCUT2D eigenvalue weighted by Crippen LogP contribution is -2.38. The summed E-state index contributed by atoms with van der Waals surface area (Å²) in [7, 11) is 3.58. The van der Waals surface area contributed by atoms with Crippen LogP contribution < -0.4 is 11.1 Å². The van der Waals surface area contributed by atoms with Gasteiger partial charge in [0.2, 0.25) is 5.91 Å². The van der Waals surface area contributed by atoms with Crippen LogP contribution in [-0.4, -0.2) is 36.4 Å². The Morgan fingerprint density at radius 3 is 2.86 bits per heavy atom. The molecule has 1 atom stereocenters. The van der Waals surface area contributed by atoms with Crippen LogP contribution >= 0.6 is 11.3 Å². The molecule has 0 radical (unpaired) electrons. The number of hydrogen-bond acceptors (Lipinski definition) is 5. The first-order chi connectivity index (χ1) is 10.5. The van der Waals surface area contributed by atoms with Crippen molar-refractivity contribution in [1.29, 1.82) is 0 Å². The van der Waals surface area contributed by atoms with Gasteiger partial charge >= 0.3 is 0 Å². The predicted octanol–water partition coefficient (Wildman–Crippen LogP) is 1.83.